The first-order chi connectivity index (χ1) is 13.5. The predicted molar refractivity (Wildman–Crippen MR) is 116 cm³/mol. The van der Waals surface area contributed by atoms with E-state index in [1.54, 1.807) is 0 Å². The van der Waals surface area contributed by atoms with Crippen molar-refractivity contribution >= 4 is 13.8 Å². The maximum absolute atomic E-state index is 11.1. The molecule has 0 rings (SSSR count). The second-order valence-corrected chi connectivity index (χ2v) is 9.23. The van der Waals surface area contributed by atoms with Gasteiger partial charge in [0.05, 0.1) is 0 Å². The predicted octanol–water partition coefficient (Wildman–Crippen LogP) is 7.44. The Morgan fingerprint density at radius 3 is 1.18 bits per heavy atom. The lowest BCUT2D eigenvalue weighted by Crippen LogP contribution is -2.01. The number of hydrogen-bond donors (Lipinski definition) is 2. The van der Waals surface area contributed by atoms with Crippen LogP contribution in [0.4, 0.5) is 0 Å². The molecule has 0 aliphatic heterocycles. The lowest BCUT2D eigenvalue weighted by Gasteiger charge is -2.05. The van der Waals surface area contributed by atoms with Crippen LogP contribution >= 0.6 is 7.82 Å². The molecule has 0 saturated heterocycles. The molecule has 0 heterocycles. The Hall–Kier alpha value is -0.380. The van der Waals surface area contributed by atoms with Gasteiger partial charge in [0, 0.05) is 6.42 Å². The van der Waals surface area contributed by atoms with Crippen molar-refractivity contribution in [3.05, 3.63) is 0 Å². The van der Waals surface area contributed by atoms with E-state index in [9.17, 15) is 9.36 Å². The maximum atomic E-state index is 11.1. The molecule has 0 aromatic heterocycles. The van der Waals surface area contributed by atoms with Crippen molar-refractivity contribution in [2.24, 2.45) is 0 Å². The van der Waals surface area contributed by atoms with Crippen LogP contribution in [0.2, 0.25) is 0 Å². The van der Waals surface area contributed by atoms with E-state index >= 15 is 0 Å². The molecule has 0 spiro atoms. The van der Waals surface area contributed by atoms with Crippen LogP contribution in [0.5, 0.6) is 0 Å². The van der Waals surface area contributed by atoms with Gasteiger partial charge < -0.3 is 4.52 Å². The molecule has 0 aromatic carbocycles. The zero-order valence-corrected chi connectivity index (χ0v) is 19.1. The van der Waals surface area contributed by atoms with Gasteiger partial charge in [0.25, 0.3) is 0 Å². The van der Waals surface area contributed by atoms with Gasteiger partial charge in [-0.3, -0.25) is 14.6 Å². The Labute approximate surface area is 173 Å². The molecule has 0 bridgehead atoms. The highest BCUT2D eigenvalue weighted by Crippen LogP contribution is 2.36. The topological polar surface area (TPSA) is 83.8 Å². The number of carbonyl (C=O) groups excluding carboxylic acids is 1. The summed E-state index contributed by atoms with van der Waals surface area (Å²) in [5.41, 5.74) is 0. The van der Waals surface area contributed by atoms with Gasteiger partial charge in [-0.1, -0.05) is 122 Å². The van der Waals surface area contributed by atoms with Crippen LogP contribution in [0, 0.1) is 0 Å². The third kappa shape index (κ3) is 23.7. The summed E-state index contributed by atoms with van der Waals surface area (Å²) in [6.45, 7) is 2.27. The number of carbonyl (C=O) groups is 1. The Morgan fingerprint density at radius 2 is 0.893 bits per heavy atom. The molecule has 0 amide bonds. The Kier molecular flexibility index (Phi) is 19.6. The quantitative estimate of drug-likeness (QED) is 0.149. The zero-order chi connectivity index (χ0) is 20.9. The van der Waals surface area contributed by atoms with E-state index in [0.717, 1.165) is 12.8 Å². The lowest BCUT2D eigenvalue weighted by atomic mass is 10.0. The van der Waals surface area contributed by atoms with Crippen molar-refractivity contribution in [2.45, 2.75) is 135 Å². The minimum atomic E-state index is -4.67. The van der Waals surface area contributed by atoms with E-state index in [-0.39, 0.29) is 6.42 Å². The molecular formula is C22H45O5P. The van der Waals surface area contributed by atoms with Gasteiger partial charge in [0.2, 0.25) is 0 Å². The van der Waals surface area contributed by atoms with Crippen molar-refractivity contribution in [1.29, 1.82) is 0 Å². The maximum Gasteiger partial charge on any atom is 0.526 e. The van der Waals surface area contributed by atoms with E-state index in [1.165, 1.54) is 103 Å². The van der Waals surface area contributed by atoms with Crippen molar-refractivity contribution in [3.63, 3.8) is 0 Å². The standard InChI is InChI=1S/C22H45O5P/c1-2-3-4-5-6-7-8-9-10-11-12-13-14-15-16-17-18-19-20-21-22(23)27-28(24,25)26/h2-21H2,1H3,(H2,24,25,26). The highest BCUT2D eigenvalue weighted by molar-refractivity contribution is 7.46. The van der Waals surface area contributed by atoms with Crippen molar-refractivity contribution < 1.29 is 23.7 Å². The smallest absolute Gasteiger partial charge is 0.371 e. The fourth-order valence-electron chi connectivity index (χ4n) is 3.53. The number of rotatable bonds is 21. The van der Waals surface area contributed by atoms with Crippen LogP contribution in [-0.2, 0) is 13.9 Å². The summed E-state index contributed by atoms with van der Waals surface area (Å²) in [4.78, 5) is 28.2. The van der Waals surface area contributed by atoms with Crippen LogP contribution in [0.3, 0.4) is 0 Å². The van der Waals surface area contributed by atoms with Gasteiger partial charge in [-0.2, -0.15) is 0 Å². The largest absolute Gasteiger partial charge is 0.526 e. The fraction of sp³-hybridized carbons (Fsp3) is 0.955. The Balaban J connectivity index is 3.12. The summed E-state index contributed by atoms with van der Waals surface area (Å²) >= 11 is 0. The molecule has 0 aliphatic carbocycles. The molecule has 0 saturated carbocycles. The van der Waals surface area contributed by atoms with Gasteiger partial charge in [0.15, 0.2) is 0 Å². The summed E-state index contributed by atoms with van der Waals surface area (Å²) in [5.74, 6) is -0.805. The molecule has 6 heteroatoms. The first-order valence-electron chi connectivity index (χ1n) is 11.7. The van der Waals surface area contributed by atoms with E-state index in [4.69, 9.17) is 9.79 Å². The molecule has 0 radical (unpaired) electrons. The van der Waals surface area contributed by atoms with Crippen LogP contribution in [-0.4, -0.2) is 15.8 Å². The monoisotopic (exact) mass is 420 g/mol. The first kappa shape index (κ1) is 27.6. The first-order valence-corrected chi connectivity index (χ1v) is 13.3. The van der Waals surface area contributed by atoms with E-state index in [1.807, 2.05) is 0 Å². The van der Waals surface area contributed by atoms with E-state index in [2.05, 4.69) is 11.4 Å². The lowest BCUT2D eigenvalue weighted by molar-refractivity contribution is -0.135. The highest BCUT2D eigenvalue weighted by Gasteiger charge is 2.19. The molecular weight excluding hydrogens is 375 g/mol. The van der Waals surface area contributed by atoms with Crippen LogP contribution in [0.25, 0.3) is 0 Å². The van der Waals surface area contributed by atoms with Crippen LogP contribution in [0.1, 0.15) is 135 Å². The SMILES string of the molecule is CCCCCCCCCCCCCCCCCCCCCC(=O)OP(=O)(O)O. The average Bonchev–Trinajstić information content (AvgIpc) is 2.62. The van der Waals surface area contributed by atoms with Gasteiger partial charge in [-0.05, 0) is 6.42 Å². The average molecular weight is 421 g/mol. The van der Waals surface area contributed by atoms with Crippen LogP contribution < -0.4 is 0 Å². The molecule has 168 valence electrons. The van der Waals surface area contributed by atoms with Crippen LogP contribution in [0.15, 0.2) is 0 Å². The molecule has 0 aliphatic rings. The highest BCUT2D eigenvalue weighted by atomic mass is 31.2. The minimum Gasteiger partial charge on any atom is -0.371 e. The number of phosphoric ester groups is 1. The van der Waals surface area contributed by atoms with Crippen molar-refractivity contribution in [1.82, 2.24) is 0 Å². The third-order valence-corrected chi connectivity index (χ3v) is 5.65. The number of phosphoric acid groups is 1. The molecule has 5 nitrogen and oxygen atoms in total. The van der Waals surface area contributed by atoms with Gasteiger partial charge in [-0.15, -0.1) is 0 Å². The molecule has 0 fully saturated rings. The Morgan fingerprint density at radius 1 is 0.607 bits per heavy atom. The summed E-state index contributed by atoms with van der Waals surface area (Å²) in [7, 11) is -4.67. The van der Waals surface area contributed by atoms with Gasteiger partial charge >= 0.3 is 13.8 Å². The van der Waals surface area contributed by atoms with Gasteiger partial charge in [-0.25, -0.2) is 4.57 Å². The van der Waals surface area contributed by atoms with E-state index < -0.39 is 13.8 Å². The second kappa shape index (κ2) is 19.9. The van der Waals surface area contributed by atoms with E-state index in [0.29, 0.717) is 6.42 Å². The number of unbranched alkanes of at least 4 members (excludes halogenated alkanes) is 18. The Bertz CT molecular complexity index is 394. The second-order valence-electron chi connectivity index (χ2n) is 8.07. The van der Waals surface area contributed by atoms with Crippen molar-refractivity contribution in [2.75, 3.05) is 0 Å². The third-order valence-electron chi connectivity index (χ3n) is 5.21. The van der Waals surface area contributed by atoms with Gasteiger partial charge in [0.1, 0.15) is 0 Å². The molecule has 2 N–H and O–H groups in total. The van der Waals surface area contributed by atoms with Crippen molar-refractivity contribution in [3.8, 4) is 0 Å². The summed E-state index contributed by atoms with van der Waals surface area (Å²) < 4.78 is 14.5. The summed E-state index contributed by atoms with van der Waals surface area (Å²) in [5, 5.41) is 0. The summed E-state index contributed by atoms with van der Waals surface area (Å²) in [6, 6.07) is 0. The zero-order valence-electron chi connectivity index (χ0n) is 18.2. The molecule has 0 atom stereocenters. The molecule has 28 heavy (non-hydrogen) atoms. The molecule has 0 unspecified atom stereocenters. The molecule has 0 aromatic rings. The fourth-order valence-corrected chi connectivity index (χ4v) is 3.88. The summed E-state index contributed by atoms with van der Waals surface area (Å²) in [6.07, 6.45) is 24.5. The minimum absolute atomic E-state index is 0.0873. The number of hydrogen-bond acceptors (Lipinski definition) is 3. The normalized spacial score (nSPS) is 11.7.